The lowest BCUT2D eigenvalue weighted by Gasteiger charge is -2.41. The molecule has 1 atom stereocenters. The highest BCUT2D eigenvalue weighted by Crippen LogP contribution is 2.23. The quantitative estimate of drug-likeness (QED) is 0.908. The summed E-state index contributed by atoms with van der Waals surface area (Å²) < 4.78 is 19.7. The first-order valence-corrected chi connectivity index (χ1v) is 6.69. The van der Waals surface area contributed by atoms with Gasteiger partial charge in [0.25, 0.3) is 5.91 Å². The number of hydrogen-bond donors (Lipinski definition) is 1. The molecule has 1 unspecified atom stereocenters. The van der Waals surface area contributed by atoms with Crippen LogP contribution >= 0.6 is 0 Å². The number of benzene rings is 1. The van der Waals surface area contributed by atoms with E-state index in [2.05, 4.69) is 0 Å². The van der Waals surface area contributed by atoms with Gasteiger partial charge in [0.05, 0.1) is 22.8 Å². The molecule has 0 saturated carbocycles. The van der Waals surface area contributed by atoms with E-state index in [4.69, 9.17) is 9.84 Å². The van der Waals surface area contributed by atoms with Gasteiger partial charge in [-0.25, -0.2) is 9.18 Å². The molecule has 114 valence electrons. The molecule has 1 heterocycles. The Morgan fingerprint density at radius 2 is 2.10 bits per heavy atom. The second-order valence-corrected chi connectivity index (χ2v) is 5.87. The van der Waals surface area contributed by atoms with Gasteiger partial charge in [-0.15, -0.1) is 0 Å². The van der Waals surface area contributed by atoms with Gasteiger partial charge >= 0.3 is 5.97 Å². The molecule has 2 rings (SSSR count). The number of rotatable bonds is 2. The minimum absolute atomic E-state index is 0.120. The summed E-state index contributed by atoms with van der Waals surface area (Å²) in [6.45, 7) is 6.32. The Labute approximate surface area is 122 Å². The summed E-state index contributed by atoms with van der Waals surface area (Å²) in [5, 5.41) is 8.81. The molecule has 0 bridgehead atoms. The van der Waals surface area contributed by atoms with E-state index in [1.54, 1.807) is 0 Å². The van der Waals surface area contributed by atoms with E-state index in [1.165, 1.54) is 17.0 Å². The summed E-state index contributed by atoms with van der Waals surface area (Å²) in [4.78, 5) is 24.7. The Hall–Kier alpha value is -1.95. The van der Waals surface area contributed by atoms with Crippen molar-refractivity contribution in [2.24, 2.45) is 0 Å². The zero-order valence-electron chi connectivity index (χ0n) is 12.2. The van der Waals surface area contributed by atoms with Gasteiger partial charge in [-0.05, 0) is 39.0 Å². The van der Waals surface area contributed by atoms with E-state index in [0.717, 1.165) is 6.07 Å². The predicted octanol–water partition coefficient (Wildman–Crippen LogP) is 2.16. The predicted molar refractivity (Wildman–Crippen MR) is 73.9 cm³/mol. The molecular formula is C15H18FNO4. The van der Waals surface area contributed by atoms with Crippen molar-refractivity contribution in [2.75, 3.05) is 13.1 Å². The molecule has 1 aromatic carbocycles. The number of carboxylic acid groups (broad SMARTS) is 1. The molecule has 1 aliphatic rings. The molecule has 1 aliphatic heterocycles. The fraction of sp³-hybridized carbons (Fsp3) is 0.467. The van der Waals surface area contributed by atoms with Crippen molar-refractivity contribution in [3.05, 3.63) is 35.1 Å². The average Bonchev–Trinajstić information content (AvgIpc) is 2.35. The third-order valence-corrected chi connectivity index (χ3v) is 3.30. The fourth-order valence-corrected chi connectivity index (χ4v) is 2.60. The first-order chi connectivity index (χ1) is 9.69. The summed E-state index contributed by atoms with van der Waals surface area (Å²) in [5.41, 5.74) is -0.797. The molecule has 0 aromatic heterocycles. The highest BCUT2D eigenvalue weighted by molar-refractivity contribution is 5.96. The van der Waals surface area contributed by atoms with E-state index in [9.17, 15) is 14.0 Å². The zero-order valence-corrected chi connectivity index (χ0v) is 12.2. The minimum atomic E-state index is -1.23. The molecule has 6 heteroatoms. The number of nitrogens with zero attached hydrogens (tertiary/aromatic N) is 1. The topological polar surface area (TPSA) is 66.8 Å². The smallest absolute Gasteiger partial charge is 0.335 e. The minimum Gasteiger partial charge on any atom is -0.478 e. The standard InChI is InChI=1S/C15H18FNO4/c1-9-7-17(8-15(2,3)21-9)13(18)11-5-4-10(14(19)20)6-12(11)16/h4-6,9H,7-8H2,1-3H3,(H,19,20). The summed E-state index contributed by atoms with van der Waals surface area (Å²) in [7, 11) is 0. The van der Waals surface area contributed by atoms with Crippen LogP contribution in [-0.4, -0.2) is 46.7 Å². The molecule has 1 saturated heterocycles. The maximum atomic E-state index is 14.0. The van der Waals surface area contributed by atoms with Gasteiger partial charge in [0.15, 0.2) is 0 Å². The maximum Gasteiger partial charge on any atom is 0.335 e. The molecule has 0 spiro atoms. The Bertz CT molecular complexity index is 585. The van der Waals surface area contributed by atoms with Crippen LogP contribution in [0.15, 0.2) is 18.2 Å². The zero-order chi connectivity index (χ0) is 15.8. The van der Waals surface area contributed by atoms with Gasteiger partial charge in [0, 0.05) is 13.1 Å². The number of aromatic carboxylic acids is 1. The van der Waals surface area contributed by atoms with E-state index in [0.29, 0.717) is 13.1 Å². The summed E-state index contributed by atoms with van der Waals surface area (Å²) >= 11 is 0. The van der Waals surface area contributed by atoms with E-state index < -0.39 is 23.3 Å². The fourth-order valence-electron chi connectivity index (χ4n) is 2.60. The van der Waals surface area contributed by atoms with Crippen LogP contribution in [0.3, 0.4) is 0 Å². The Kier molecular flexibility index (Phi) is 4.00. The van der Waals surface area contributed by atoms with Crippen LogP contribution < -0.4 is 0 Å². The van der Waals surface area contributed by atoms with Crippen LogP contribution in [0.25, 0.3) is 0 Å². The monoisotopic (exact) mass is 295 g/mol. The van der Waals surface area contributed by atoms with Gasteiger partial charge in [0.2, 0.25) is 0 Å². The summed E-state index contributed by atoms with van der Waals surface area (Å²) in [6, 6.07) is 3.31. The summed E-state index contributed by atoms with van der Waals surface area (Å²) in [5.74, 6) is -2.50. The van der Waals surface area contributed by atoms with Crippen molar-refractivity contribution in [2.45, 2.75) is 32.5 Å². The second kappa shape index (κ2) is 5.44. The lowest BCUT2D eigenvalue weighted by atomic mass is 10.0. The van der Waals surface area contributed by atoms with Gasteiger partial charge in [-0.3, -0.25) is 4.79 Å². The SMILES string of the molecule is CC1CN(C(=O)c2ccc(C(=O)O)cc2F)CC(C)(C)O1. The van der Waals surface area contributed by atoms with Crippen molar-refractivity contribution in [1.29, 1.82) is 0 Å². The highest BCUT2D eigenvalue weighted by Gasteiger charge is 2.34. The highest BCUT2D eigenvalue weighted by atomic mass is 19.1. The van der Waals surface area contributed by atoms with Crippen molar-refractivity contribution in [3.63, 3.8) is 0 Å². The summed E-state index contributed by atoms with van der Waals surface area (Å²) in [6.07, 6.45) is -0.140. The van der Waals surface area contributed by atoms with E-state index in [-0.39, 0.29) is 17.2 Å². The number of carbonyl (C=O) groups is 2. The lowest BCUT2D eigenvalue weighted by molar-refractivity contribution is -0.118. The third kappa shape index (κ3) is 3.39. The number of ether oxygens (including phenoxy) is 1. The molecule has 1 fully saturated rings. The van der Waals surface area contributed by atoms with Gasteiger partial charge in [-0.1, -0.05) is 0 Å². The number of carboxylic acids is 1. The van der Waals surface area contributed by atoms with Crippen LogP contribution in [0, 0.1) is 5.82 Å². The molecule has 1 amide bonds. The third-order valence-electron chi connectivity index (χ3n) is 3.30. The molecule has 1 N–H and O–H groups in total. The maximum absolute atomic E-state index is 14.0. The normalized spacial score (nSPS) is 21.1. The van der Waals surface area contributed by atoms with E-state index >= 15 is 0 Å². The first-order valence-electron chi connectivity index (χ1n) is 6.69. The number of carbonyl (C=O) groups excluding carboxylic acids is 1. The van der Waals surface area contributed by atoms with Gasteiger partial charge < -0.3 is 14.7 Å². The molecule has 0 radical (unpaired) electrons. The molecule has 0 aliphatic carbocycles. The molecule has 1 aromatic rings. The molecular weight excluding hydrogens is 277 g/mol. The number of morpholine rings is 1. The van der Waals surface area contributed by atoms with Gasteiger partial charge in [0.1, 0.15) is 5.82 Å². The van der Waals surface area contributed by atoms with Crippen LogP contribution in [0.5, 0.6) is 0 Å². The Balaban J connectivity index is 2.26. The van der Waals surface area contributed by atoms with Crippen molar-refractivity contribution in [3.8, 4) is 0 Å². The van der Waals surface area contributed by atoms with Crippen LogP contribution in [0.2, 0.25) is 0 Å². The number of amides is 1. The first kappa shape index (κ1) is 15.4. The van der Waals surface area contributed by atoms with E-state index in [1.807, 2.05) is 20.8 Å². The number of hydrogen-bond acceptors (Lipinski definition) is 3. The molecule has 5 nitrogen and oxygen atoms in total. The van der Waals surface area contributed by atoms with Crippen molar-refractivity contribution < 1.29 is 23.8 Å². The molecule has 21 heavy (non-hydrogen) atoms. The lowest BCUT2D eigenvalue weighted by Crippen LogP contribution is -2.53. The largest absolute Gasteiger partial charge is 0.478 e. The Morgan fingerprint density at radius 1 is 1.43 bits per heavy atom. The van der Waals surface area contributed by atoms with Gasteiger partial charge in [-0.2, -0.15) is 0 Å². The van der Waals surface area contributed by atoms with Crippen molar-refractivity contribution >= 4 is 11.9 Å². The van der Waals surface area contributed by atoms with Crippen LogP contribution in [0.1, 0.15) is 41.5 Å². The number of halogens is 1. The van der Waals surface area contributed by atoms with Crippen LogP contribution in [-0.2, 0) is 4.74 Å². The second-order valence-electron chi connectivity index (χ2n) is 5.87. The Morgan fingerprint density at radius 3 is 2.62 bits per heavy atom. The van der Waals surface area contributed by atoms with Crippen LogP contribution in [0.4, 0.5) is 4.39 Å². The van der Waals surface area contributed by atoms with Crippen molar-refractivity contribution in [1.82, 2.24) is 4.90 Å². The average molecular weight is 295 g/mol.